The molecule has 1 aromatic carbocycles. The maximum atomic E-state index is 8.39. The minimum absolute atomic E-state index is 0.0706. The van der Waals surface area contributed by atoms with Crippen molar-refractivity contribution >= 4 is 11.6 Å². The van der Waals surface area contributed by atoms with Gasteiger partial charge in [-0.2, -0.15) is 0 Å². The Morgan fingerprint density at radius 2 is 2.00 bits per heavy atom. The van der Waals surface area contributed by atoms with Gasteiger partial charge in [-0.25, -0.2) is 0 Å². The lowest BCUT2D eigenvalue weighted by Gasteiger charge is -2.15. The van der Waals surface area contributed by atoms with Crippen LogP contribution in [0.3, 0.4) is 0 Å². The predicted octanol–water partition coefficient (Wildman–Crippen LogP) is 0.827. The predicted molar refractivity (Wildman–Crippen MR) is 48.3 cm³/mol. The highest BCUT2D eigenvalue weighted by atomic mass is 16.4. The minimum atomic E-state index is 0.0706. The molecule has 0 saturated heterocycles. The Labute approximate surface area is 70.9 Å². The largest absolute Gasteiger partial charge is 0.408 e. The lowest BCUT2D eigenvalue weighted by Crippen LogP contribution is -2.33. The molecule has 0 atom stereocenters. The highest BCUT2D eigenvalue weighted by Gasteiger charge is 2.02. The number of nitrogens with two attached hydrogens (primary N) is 1. The lowest BCUT2D eigenvalue weighted by molar-refractivity contribution is 0.317. The molecule has 0 amide bonds. The summed E-state index contributed by atoms with van der Waals surface area (Å²) in [5, 5.41) is 11.3. The molecule has 0 aliphatic rings. The molecule has 0 spiro atoms. The van der Waals surface area contributed by atoms with Crippen molar-refractivity contribution in [3.8, 4) is 0 Å². The number of rotatable bonds is 1. The molecular weight excluding hydrogens is 154 g/mol. The number of para-hydroxylation sites is 1. The summed E-state index contributed by atoms with van der Waals surface area (Å²) in [6.45, 7) is 0. The van der Waals surface area contributed by atoms with Crippen molar-refractivity contribution in [2.75, 3.05) is 11.9 Å². The van der Waals surface area contributed by atoms with Gasteiger partial charge in [0.2, 0.25) is 5.96 Å². The van der Waals surface area contributed by atoms with Crippen molar-refractivity contribution in [3.05, 3.63) is 30.3 Å². The van der Waals surface area contributed by atoms with Gasteiger partial charge in [-0.15, -0.1) is 0 Å². The Kier molecular flexibility index (Phi) is 2.53. The van der Waals surface area contributed by atoms with Crippen LogP contribution in [0.15, 0.2) is 35.5 Å². The van der Waals surface area contributed by atoms with E-state index in [-0.39, 0.29) is 5.96 Å². The zero-order valence-corrected chi connectivity index (χ0v) is 6.81. The second-order valence-corrected chi connectivity index (χ2v) is 2.35. The first-order chi connectivity index (χ1) is 5.75. The van der Waals surface area contributed by atoms with E-state index >= 15 is 0 Å². The van der Waals surface area contributed by atoms with Gasteiger partial charge in [-0.05, 0) is 12.1 Å². The van der Waals surface area contributed by atoms with Gasteiger partial charge in [0.1, 0.15) is 0 Å². The lowest BCUT2D eigenvalue weighted by atomic mass is 10.3. The molecule has 4 heteroatoms. The molecule has 0 aromatic heterocycles. The van der Waals surface area contributed by atoms with Crippen LogP contribution in [0.5, 0.6) is 0 Å². The summed E-state index contributed by atoms with van der Waals surface area (Å²) in [5.41, 5.74) is 6.26. The Balaban J connectivity index is 2.86. The van der Waals surface area contributed by atoms with Crippen molar-refractivity contribution in [3.63, 3.8) is 0 Å². The van der Waals surface area contributed by atoms with Gasteiger partial charge >= 0.3 is 0 Å². The zero-order valence-electron chi connectivity index (χ0n) is 6.81. The summed E-state index contributed by atoms with van der Waals surface area (Å²) in [7, 11) is 1.73. The maximum Gasteiger partial charge on any atom is 0.237 e. The van der Waals surface area contributed by atoms with Crippen molar-refractivity contribution in [2.45, 2.75) is 0 Å². The van der Waals surface area contributed by atoms with Crippen molar-refractivity contribution < 1.29 is 5.21 Å². The molecule has 1 rings (SSSR count). The molecule has 0 saturated carbocycles. The molecule has 4 nitrogen and oxygen atoms in total. The van der Waals surface area contributed by atoms with E-state index in [2.05, 4.69) is 5.16 Å². The second kappa shape index (κ2) is 3.61. The first kappa shape index (κ1) is 8.39. The first-order valence-corrected chi connectivity index (χ1v) is 3.52. The van der Waals surface area contributed by atoms with Gasteiger partial charge in [0.05, 0.1) is 0 Å². The van der Waals surface area contributed by atoms with Crippen LogP contribution in [-0.4, -0.2) is 18.2 Å². The summed E-state index contributed by atoms with van der Waals surface area (Å²) >= 11 is 0. The summed E-state index contributed by atoms with van der Waals surface area (Å²) in [6, 6.07) is 9.42. The number of benzene rings is 1. The molecule has 0 unspecified atom stereocenters. The van der Waals surface area contributed by atoms with Gasteiger partial charge in [-0.1, -0.05) is 23.4 Å². The first-order valence-electron chi connectivity index (χ1n) is 3.52. The molecular formula is C8H11N3O. The van der Waals surface area contributed by atoms with Crippen molar-refractivity contribution in [1.29, 1.82) is 0 Å². The Hall–Kier alpha value is -1.71. The number of hydrogen-bond donors (Lipinski definition) is 2. The highest BCUT2D eigenvalue weighted by molar-refractivity contribution is 5.93. The van der Waals surface area contributed by atoms with E-state index in [1.54, 1.807) is 11.9 Å². The monoisotopic (exact) mass is 165 g/mol. The third-order valence-corrected chi connectivity index (χ3v) is 1.59. The smallest absolute Gasteiger partial charge is 0.237 e. The van der Waals surface area contributed by atoms with Gasteiger partial charge in [0.25, 0.3) is 0 Å². The molecule has 12 heavy (non-hydrogen) atoms. The van der Waals surface area contributed by atoms with Crippen LogP contribution in [0.2, 0.25) is 0 Å². The Bertz CT molecular complexity index is 271. The average Bonchev–Trinajstić information content (AvgIpc) is 2.17. The molecule has 3 N–H and O–H groups in total. The SMILES string of the molecule is CN(/C(N)=N/O)c1ccccc1. The van der Waals surface area contributed by atoms with E-state index in [1.807, 2.05) is 30.3 Å². The Morgan fingerprint density at radius 1 is 1.42 bits per heavy atom. The number of hydrogen-bond acceptors (Lipinski definition) is 2. The molecule has 0 aliphatic heterocycles. The van der Waals surface area contributed by atoms with E-state index in [0.29, 0.717) is 0 Å². The highest BCUT2D eigenvalue weighted by Crippen LogP contribution is 2.09. The van der Waals surface area contributed by atoms with Gasteiger partial charge < -0.3 is 15.8 Å². The molecule has 0 fully saturated rings. The van der Waals surface area contributed by atoms with Crippen LogP contribution in [0.1, 0.15) is 0 Å². The van der Waals surface area contributed by atoms with Crippen LogP contribution in [0, 0.1) is 0 Å². The average molecular weight is 165 g/mol. The molecule has 64 valence electrons. The van der Waals surface area contributed by atoms with Crippen LogP contribution >= 0.6 is 0 Å². The van der Waals surface area contributed by atoms with Crippen molar-refractivity contribution in [2.24, 2.45) is 10.9 Å². The Morgan fingerprint density at radius 3 is 2.50 bits per heavy atom. The van der Waals surface area contributed by atoms with E-state index in [4.69, 9.17) is 10.9 Å². The van der Waals surface area contributed by atoms with Gasteiger partial charge in [0, 0.05) is 12.7 Å². The van der Waals surface area contributed by atoms with Crippen LogP contribution in [0.4, 0.5) is 5.69 Å². The van der Waals surface area contributed by atoms with E-state index in [1.165, 1.54) is 0 Å². The maximum absolute atomic E-state index is 8.39. The van der Waals surface area contributed by atoms with E-state index < -0.39 is 0 Å². The number of anilines is 1. The quantitative estimate of drug-likeness (QED) is 0.280. The zero-order chi connectivity index (χ0) is 8.97. The normalized spacial score (nSPS) is 11.2. The summed E-state index contributed by atoms with van der Waals surface area (Å²) in [4.78, 5) is 1.58. The molecule has 0 aliphatic carbocycles. The topological polar surface area (TPSA) is 61.8 Å². The molecule has 0 heterocycles. The fourth-order valence-electron chi connectivity index (χ4n) is 0.851. The summed E-state index contributed by atoms with van der Waals surface area (Å²) < 4.78 is 0. The number of oxime groups is 1. The summed E-state index contributed by atoms with van der Waals surface area (Å²) in [6.07, 6.45) is 0. The summed E-state index contributed by atoms with van der Waals surface area (Å²) in [5.74, 6) is 0.0706. The van der Waals surface area contributed by atoms with Gasteiger partial charge in [0.15, 0.2) is 0 Å². The van der Waals surface area contributed by atoms with E-state index in [9.17, 15) is 0 Å². The minimum Gasteiger partial charge on any atom is -0.408 e. The molecule has 0 bridgehead atoms. The third kappa shape index (κ3) is 1.66. The second-order valence-electron chi connectivity index (χ2n) is 2.35. The fourth-order valence-corrected chi connectivity index (χ4v) is 0.851. The molecule has 1 aromatic rings. The molecule has 0 radical (unpaired) electrons. The fraction of sp³-hybridized carbons (Fsp3) is 0.125. The van der Waals surface area contributed by atoms with Crippen LogP contribution < -0.4 is 10.6 Å². The van der Waals surface area contributed by atoms with Crippen LogP contribution in [-0.2, 0) is 0 Å². The number of guanidine groups is 1. The number of nitrogens with zero attached hydrogens (tertiary/aromatic N) is 2. The van der Waals surface area contributed by atoms with Gasteiger partial charge in [-0.3, -0.25) is 0 Å². The third-order valence-electron chi connectivity index (χ3n) is 1.59. The van der Waals surface area contributed by atoms with E-state index in [0.717, 1.165) is 5.69 Å². The van der Waals surface area contributed by atoms with Crippen molar-refractivity contribution in [1.82, 2.24) is 0 Å². The van der Waals surface area contributed by atoms with Crippen LogP contribution in [0.25, 0.3) is 0 Å². The standard InChI is InChI=1S/C8H11N3O/c1-11(8(9)10-12)7-5-3-2-4-6-7/h2-6,12H,1H3,(H2,9,10).